The van der Waals surface area contributed by atoms with E-state index in [4.69, 9.17) is 20.3 Å². The number of hydrogen-bond donors (Lipinski definition) is 4. The van der Waals surface area contributed by atoms with E-state index in [1.165, 1.54) is 44.9 Å². The topological polar surface area (TPSA) is 122 Å². The molecule has 5 atom stereocenters. The van der Waals surface area contributed by atoms with Crippen LogP contribution in [-0.2, 0) is 14.3 Å². The molecule has 5 N–H and O–H groups in total. The lowest BCUT2D eigenvalue weighted by Gasteiger charge is -2.39. The van der Waals surface area contributed by atoms with Gasteiger partial charge in [-0.15, -0.1) is 0 Å². The molecule has 0 aromatic rings. The van der Waals surface area contributed by atoms with Crippen molar-refractivity contribution >= 4 is 5.97 Å². The second kappa shape index (κ2) is 12.6. The molecule has 0 unspecified atom stereocenters. The highest BCUT2D eigenvalue weighted by Gasteiger charge is 2.46. The molecule has 1 saturated heterocycles. The van der Waals surface area contributed by atoms with Gasteiger partial charge in [-0.05, 0) is 6.42 Å². The smallest absolute Gasteiger partial charge is 0.335 e. The minimum atomic E-state index is -1.55. The van der Waals surface area contributed by atoms with Gasteiger partial charge in [-0.1, -0.05) is 64.7 Å². The quantitative estimate of drug-likeness (QED) is 0.369. The maximum atomic E-state index is 11.0. The highest BCUT2D eigenvalue weighted by molar-refractivity contribution is 5.73. The monoisotopic (exact) mass is 361 g/mol. The van der Waals surface area contributed by atoms with Crippen LogP contribution in [0.1, 0.15) is 71.1 Å². The van der Waals surface area contributed by atoms with Crippen LogP contribution in [0.2, 0.25) is 0 Å². The Labute approximate surface area is 150 Å². The summed E-state index contributed by atoms with van der Waals surface area (Å²) in [6.45, 7) is 2.61. The Kier molecular flexibility index (Phi) is 11.2. The van der Waals surface area contributed by atoms with Crippen LogP contribution in [0.5, 0.6) is 0 Å². The summed E-state index contributed by atoms with van der Waals surface area (Å²) in [5.74, 6) is -1.34. The lowest BCUT2D eigenvalue weighted by atomic mass is 9.97. The number of carboxylic acids is 1. The normalized spacial score (nSPS) is 29.7. The average Bonchev–Trinajstić information content (AvgIpc) is 2.59. The molecule has 1 aliphatic heterocycles. The van der Waals surface area contributed by atoms with Gasteiger partial charge in [0.05, 0.1) is 6.04 Å². The van der Waals surface area contributed by atoms with Crippen LogP contribution in [0, 0.1) is 0 Å². The second-order valence-corrected chi connectivity index (χ2v) is 6.87. The standard InChI is InChI=1S/C18H35NO6/c1-2-3-4-5-6-7-8-9-10-11-12-24-18-13(19)14(20)15(21)16(25-18)17(22)23/h13-16,18,20-21H,2-12,19H2,1H3,(H,22,23)/t13-,14-,15+,16+,18-/m1/s1. The zero-order chi connectivity index (χ0) is 18.7. The molecule has 1 fully saturated rings. The van der Waals surface area contributed by atoms with Gasteiger partial charge in [-0.3, -0.25) is 0 Å². The molecule has 0 bridgehead atoms. The van der Waals surface area contributed by atoms with Crippen LogP contribution in [0.15, 0.2) is 0 Å². The van der Waals surface area contributed by atoms with Crippen LogP contribution < -0.4 is 5.73 Å². The number of aliphatic carboxylic acids is 1. The van der Waals surface area contributed by atoms with E-state index in [0.717, 1.165) is 19.3 Å². The van der Waals surface area contributed by atoms with Gasteiger partial charge in [-0.25, -0.2) is 4.79 Å². The summed E-state index contributed by atoms with van der Waals surface area (Å²) in [6, 6.07) is -0.964. The molecule has 0 radical (unpaired) electrons. The van der Waals surface area contributed by atoms with Gasteiger partial charge in [0.2, 0.25) is 0 Å². The Balaban J connectivity index is 2.10. The Hall–Kier alpha value is -0.730. The molecular formula is C18H35NO6. The molecule has 7 nitrogen and oxygen atoms in total. The van der Waals surface area contributed by atoms with E-state index >= 15 is 0 Å². The fraction of sp³-hybridized carbons (Fsp3) is 0.944. The van der Waals surface area contributed by atoms with Crippen LogP contribution in [0.25, 0.3) is 0 Å². The van der Waals surface area contributed by atoms with E-state index in [9.17, 15) is 15.0 Å². The highest BCUT2D eigenvalue weighted by atomic mass is 16.7. The third kappa shape index (κ3) is 8.00. The summed E-state index contributed by atoms with van der Waals surface area (Å²) in [6.07, 6.45) is 6.60. The van der Waals surface area contributed by atoms with Crippen molar-refractivity contribution in [1.29, 1.82) is 0 Å². The van der Waals surface area contributed by atoms with Crippen molar-refractivity contribution in [1.82, 2.24) is 0 Å². The number of carbonyl (C=O) groups is 1. The molecule has 0 saturated carbocycles. The first-order valence-electron chi connectivity index (χ1n) is 9.60. The highest BCUT2D eigenvalue weighted by Crippen LogP contribution is 2.21. The van der Waals surface area contributed by atoms with Crippen molar-refractivity contribution in [3.05, 3.63) is 0 Å². The summed E-state index contributed by atoms with van der Waals surface area (Å²) < 4.78 is 10.7. The van der Waals surface area contributed by atoms with Crippen molar-refractivity contribution in [2.45, 2.75) is 102 Å². The van der Waals surface area contributed by atoms with Crippen LogP contribution in [0.3, 0.4) is 0 Å². The van der Waals surface area contributed by atoms with Gasteiger partial charge in [0.15, 0.2) is 12.4 Å². The Morgan fingerprint density at radius 2 is 1.48 bits per heavy atom. The third-order valence-electron chi connectivity index (χ3n) is 4.67. The number of hydrogen-bond acceptors (Lipinski definition) is 6. The molecule has 148 valence electrons. The van der Waals surface area contributed by atoms with Crippen molar-refractivity contribution in [2.75, 3.05) is 6.61 Å². The number of rotatable bonds is 13. The Morgan fingerprint density at radius 3 is 2.00 bits per heavy atom. The second-order valence-electron chi connectivity index (χ2n) is 6.87. The molecule has 7 heteroatoms. The Morgan fingerprint density at radius 1 is 0.960 bits per heavy atom. The predicted molar refractivity (Wildman–Crippen MR) is 94.1 cm³/mol. The van der Waals surface area contributed by atoms with Gasteiger partial charge < -0.3 is 30.5 Å². The van der Waals surface area contributed by atoms with Gasteiger partial charge in [0, 0.05) is 6.61 Å². The first-order valence-corrected chi connectivity index (χ1v) is 9.60. The lowest BCUT2D eigenvalue weighted by molar-refractivity contribution is -0.260. The third-order valence-corrected chi connectivity index (χ3v) is 4.67. The summed E-state index contributed by atoms with van der Waals surface area (Å²) >= 11 is 0. The van der Waals surface area contributed by atoms with E-state index in [1.54, 1.807) is 0 Å². The predicted octanol–water partition coefficient (Wildman–Crippen LogP) is 1.78. The van der Waals surface area contributed by atoms with Gasteiger partial charge in [-0.2, -0.15) is 0 Å². The first-order chi connectivity index (χ1) is 12.0. The summed E-state index contributed by atoms with van der Waals surface area (Å²) in [4.78, 5) is 11.0. The molecule has 0 aromatic carbocycles. The molecule has 0 aromatic heterocycles. The van der Waals surface area contributed by atoms with Crippen molar-refractivity contribution < 1.29 is 29.6 Å². The minimum absolute atomic E-state index is 0.393. The number of unbranched alkanes of at least 4 members (excludes halogenated alkanes) is 9. The van der Waals surface area contributed by atoms with Crippen molar-refractivity contribution in [3.63, 3.8) is 0 Å². The summed E-state index contributed by atoms with van der Waals surface area (Å²) in [7, 11) is 0. The van der Waals surface area contributed by atoms with Crippen LogP contribution >= 0.6 is 0 Å². The van der Waals surface area contributed by atoms with Gasteiger partial charge in [0.1, 0.15) is 12.2 Å². The molecule has 25 heavy (non-hydrogen) atoms. The molecule has 0 amide bonds. The van der Waals surface area contributed by atoms with Crippen LogP contribution in [-0.4, -0.2) is 58.5 Å². The fourth-order valence-corrected chi connectivity index (χ4v) is 3.03. The van der Waals surface area contributed by atoms with E-state index in [0.29, 0.717) is 6.61 Å². The number of aliphatic hydroxyl groups is 2. The SMILES string of the molecule is CCCCCCCCCCCCO[C@@H]1O[C@H](C(=O)O)[C@@H](O)[C@H](O)[C@H]1N. The number of carboxylic acid groups (broad SMARTS) is 1. The average molecular weight is 361 g/mol. The largest absolute Gasteiger partial charge is 0.479 e. The van der Waals surface area contributed by atoms with Gasteiger partial charge >= 0.3 is 5.97 Å². The van der Waals surface area contributed by atoms with E-state index in [1.807, 2.05) is 0 Å². The zero-order valence-corrected chi connectivity index (χ0v) is 15.3. The molecule has 0 spiro atoms. The van der Waals surface area contributed by atoms with E-state index < -0.39 is 36.6 Å². The number of aliphatic hydroxyl groups excluding tert-OH is 2. The maximum Gasteiger partial charge on any atom is 0.335 e. The van der Waals surface area contributed by atoms with Crippen LogP contribution in [0.4, 0.5) is 0 Å². The van der Waals surface area contributed by atoms with Crippen molar-refractivity contribution in [2.24, 2.45) is 5.73 Å². The van der Waals surface area contributed by atoms with E-state index in [2.05, 4.69) is 6.92 Å². The molecule has 1 heterocycles. The maximum absolute atomic E-state index is 11.0. The zero-order valence-electron chi connectivity index (χ0n) is 15.3. The Bertz CT molecular complexity index is 367. The molecular weight excluding hydrogens is 326 g/mol. The van der Waals surface area contributed by atoms with E-state index in [-0.39, 0.29) is 0 Å². The van der Waals surface area contributed by atoms with Gasteiger partial charge in [0.25, 0.3) is 0 Å². The minimum Gasteiger partial charge on any atom is -0.479 e. The first kappa shape index (κ1) is 22.3. The number of ether oxygens (including phenoxy) is 2. The molecule has 1 aliphatic rings. The summed E-state index contributed by atoms with van der Waals surface area (Å²) in [5.41, 5.74) is 5.75. The van der Waals surface area contributed by atoms with Crippen molar-refractivity contribution in [3.8, 4) is 0 Å². The fourth-order valence-electron chi connectivity index (χ4n) is 3.03. The molecule has 1 rings (SSSR count). The lowest BCUT2D eigenvalue weighted by Crippen LogP contribution is -2.63. The summed E-state index contributed by atoms with van der Waals surface area (Å²) in [5, 5.41) is 28.5. The molecule has 0 aliphatic carbocycles. The number of nitrogens with two attached hydrogens (primary N) is 1.